The van der Waals surface area contributed by atoms with Gasteiger partial charge < -0.3 is 8.83 Å². The average Bonchev–Trinajstić information content (AvgIpc) is 3.69. The Morgan fingerprint density at radius 2 is 1.17 bits per heavy atom. The Balaban J connectivity index is 1.16. The summed E-state index contributed by atoms with van der Waals surface area (Å²) in [6.45, 7) is 7.42. The number of benzene rings is 6. The van der Waals surface area contributed by atoms with E-state index in [-0.39, 0.29) is 0 Å². The van der Waals surface area contributed by atoms with Gasteiger partial charge in [0.05, 0.1) is 17.7 Å². The molecule has 214 valence electrons. The number of para-hydroxylation sites is 2. The maximum atomic E-state index is 7.42. The first-order valence-corrected chi connectivity index (χ1v) is 15.0. The lowest BCUT2D eigenvalue weighted by Crippen LogP contribution is -1.94. The van der Waals surface area contributed by atoms with Gasteiger partial charge in [-0.3, -0.25) is 0 Å². The lowest BCUT2D eigenvalue weighted by Gasteiger charge is -2.10. The highest BCUT2D eigenvalue weighted by Gasteiger charge is 2.18. The fourth-order valence-electron chi connectivity index (χ4n) is 6.34. The van der Waals surface area contributed by atoms with E-state index < -0.39 is 0 Å². The highest BCUT2D eigenvalue weighted by atomic mass is 16.3. The molecule has 0 unspecified atom stereocenters. The van der Waals surface area contributed by atoms with E-state index in [0.29, 0.717) is 17.2 Å². The van der Waals surface area contributed by atoms with Gasteiger partial charge in [0, 0.05) is 32.8 Å². The first-order chi connectivity index (χ1) is 22.7. The van der Waals surface area contributed by atoms with Crippen LogP contribution in [0.1, 0.15) is 0 Å². The van der Waals surface area contributed by atoms with Crippen molar-refractivity contribution in [2.75, 3.05) is 0 Å². The Kier molecular flexibility index (Phi) is 5.81. The SMILES string of the molecule is [C-]#[N+]c1ccc2oc3c(-c4cccc(-c5cccc(-c6nc(-c7ccccc7)c7c(n6)oc6ccccc67)c5)c4)cccc3c2c1. The average molecular weight is 590 g/mol. The zero-order valence-electron chi connectivity index (χ0n) is 24.4. The first-order valence-electron chi connectivity index (χ1n) is 15.0. The lowest BCUT2D eigenvalue weighted by molar-refractivity contribution is 0.653. The summed E-state index contributed by atoms with van der Waals surface area (Å²) in [6.07, 6.45) is 0. The molecule has 0 spiro atoms. The van der Waals surface area contributed by atoms with E-state index in [4.69, 9.17) is 25.4 Å². The van der Waals surface area contributed by atoms with Crippen LogP contribution >= 0.6 is 0 Å². The predicted octanol–water partition coefficient (Wildman–Crippen LogP) is 11.5. The molecular formula is C41H23N3O2. The van der Waals surface area contributed by atoms with Crippen LogP contribution in [0, 0.1) is 6.57 Å². The lowest BCUT2D eigenvalue weighted by atomic mass is 9.96. The predicted molar refractivity (Wildman–Crippen MR) is 185 cm³/mol. The normalized spacial score (nSPS) is 11.5. The molecule has 0 aliphatic heterocycles. The van der Waals surface area contributed by atoms with Crippen LogP contribution in [0.5, 0.6) is 0 Å². The van der Waals surface area contributed by atoms with Crippen molar-refractivity contribution in [1.29, 1.82) is 0 Å². The van der Waals surface area contributed by atoms with Crippen LogP contribution in [0.2, 0.25) is 0 Å². The third-order valence-corrected chi connectivity index (χ3v) is 8.52. The molecule has 0 N–H and O–H groups in total. The maximum absolute atomic E-state index is 7.42. The molecule has 3 heterocycles. The number of aromatic nitrogens is 2. The quantitative estimate of drug-likeness (QED) is 0.192. The number of nitrogens with zero attached hydrogens (tertiary/aromatic N) is 3. The fraction of sp³-hybridized carbons (Fsp3) is 0. The second kappa shape index (κ2) is 10.3. The highest BCUT2D eigenvalue weighted by Crippen LogP contribution is 2.39. The molecule has 0 atom stereocenters. The zero-order valence-corrected chi connectivity index (χ0v) is 24.4. The van der Waals surface area contributed by atoms with Gasteiger partial charge in [0.25, 0.3) is 0 Å². The Labute approximate surface area is 263 Å². The van der Waals surface area contributed by atoms with Gasteiger partial charge in [0.15, 0.2) is 11.5 Å². The van der Waals surface area contributed by atoms with Gasteiger partial charge in [-0.25, -0.2) is 9.83 Å². The summed E-state index contributed by atoms with van der Waals surface area (Å²) >= 11 is 0. The molecule has 0 bridgehead atoms. The molecule has 46 heavy (non-hydrogen) atoms. The van der Waals surface area contributed by atoms with Gasteiger partial charge in [0.2, 0.25) is 5.71 Å². The van der Waals surface area contributed by atoms with E-state index >= 15 is 0 Å². The zero-order chi connectivity index (χ0) is 30.6. The molecule has 6 aromatic carbocycles. The number of furan rings is 2. The van der Waals surface area contributed by atoms with Crippen molar-refractivity contribution in [1.82, 2.24) is 9.97 Å². The molecule has 0 saturated carbocycles. The summed E-state index contributed by atoms with van der Waals surface area (Å²) in [5.74, 6) is 0.606. The Hall–Kier alpha value is -6.51. The topological polar surface area (TPSA) is 56.4 Å². The minimum absolute atomic E-state index is 0.569. The fourth-order valence-corrected chi connectivity index (χ4v) is 6.34. The minimum atomic E-state index is 0.569. The molecule has 0 aliphatic carbocycles. The molecule has 3 aromatic heterocycles. The second-order valence-corrected chi connectivity index (χ2v) is 11.3. The third-order valence-electron chi connectivity index (χ3n) is 8.52. The van der Waals surface area contributed by atoms with Gasteiger partial charge in [-0.2, -0.15) is 4.98 Å². The van der Waals surface area contributed by atoms with Crippen LogP contribution in [0.3, 0.4) is 0 Å². The van der Waals surface area contributed by atoms with Crippen LogP contribution in [0.15, 0.2) is 148 Å². The van der Waals surface area contributed by atoms with E-state index in [0.717, 1.165) is 77.4 Å². The molecular weight excluding hydrogens is 566 g/mol. The Morgan fingerprint density at radius 1 is 0.500 bits per heavy atom. The monoisotopic (exact) mass is 589 g/mol. The molecule has 0 fully saturated rings. The summed E-state index contributed by atoms with van der Waals surface area (Å²) in [6, 6.07) is 46.7. The van der Waals surface area contributed by atoms with Gasteiger partial charge in [0.1, 0.15) is 16.7 Å². The number of rotatable bonds is 4. The molecule has 0 saturated heterocycles. The van der Waals surface area contributed by atoms with Crippen LogP contribution in [0.4, 0.5) is 5.69 Å². The molecule has 0 amide bonds. The van der Waals surface area contributed by atoms with Gasteiger partial charge >= 0.3 is 0 Å². The summed E-state index contributed by atoms with van der Waals surface area (Å²) in [5, 5.41) is 3.86. The van der Waals surface area contributed by atoms with Crippen molar-refractivity contribution in [3.63, 3.8) is 0 Å². The summed E-state index contributed by atoms with van der Waals surface area (Å²) in [5.41, 5.74) is 10.5. The van der Waals surface area contributed by atoms with E-state index in [2.05, 4.69) is 65.5 Å². The van der Waals surface area contributed by atoms with Crippen molar-refractivity contribution in [2.45, 2.75) is 0 Å². The smallest absolute Gasteiger partial charge is 0.231 e. The van der Waals surface area contributed by atoms with E-state index in [9.17, 15) is 0 Å². The number of fused-ring (bicyclic) bond motifs is 6. The van der Waals surface area contributed by atoms with Crippen molar-refractivity contribution in [2.24, 2.45) is 0 Å². The number of hydrogen-bond donors (Lipinski definition) is 0. The van der Waals surface area contributed by atoms with E-state index in [1.54, 1.807) is 6.07 Å². The van der Waals surface area contributed by atoms with Crippen LogP contribution in [0.25, 0.3) is 93.8 Å². The Morgan fingerprint density at radius 3 is 2.02 bits per heavy atom. The second-order valence-electron chi connectivity index (χ2n) is 11.3. The first kappa shape index (κ1) is 25.9. The van der Waals surface area contributed by atoms with Crippen molar-refractivity contribution >= 4 is 49.7 Å². The van der Waals surface area contributed by atoms with Gasteiger partial charge in [-0.1, -0.05) is 109 Å². The number of hydrogen-bond acceptors (Lipinski definition) is 4. The maximum Gasteiger partial charge on any atom is 0.231 e. The van der Waals surface area contributed by atoms with Crippen LogP contribution in [-0.2, 0) is 0 Å². The minimum Gasteiger partial charge on any atom is -0.456 e. The van der Waals surface area contributed by atoms with Crippen molar-refractivity contribution in [3.8, 4) is 44.9 Å². The third kappa shape index (κ3) is 4.16. The van der Waals surface area contributed by atoms with Crippen molar-refractivity contribution < 1.29 is 8.83 Å². The molecule has 0 radical (unpaired) electrons. The molecule has 9 rings (SSSR count). The van der Waals surface area contributed by atoms with Gasteiger partial charge in [-0.05, 0) is 47.0 Å². The van der Waals surface area contributed by atoms with Crippen LogP contribution < -0.4 is 0 Å². The molecule has 9 aromatic rings. The van der Waals surface area contributed by atoms with E-state index in [1.165, 1.54) is 0 Å². The molecule has 5 heteroatoms. The standard InChI is InChI=1S/C41H23N3O2/c1-42-30-20-21-36-34(24-30)32-18-9-17-31(39(32)45-36)28-14-7-12-26(22-28)27-13-8-15-29(23-27)40-43-38(25-10-3-2-4-11-25)37-33-16-5-6-19-35(33)46-41(37)44-40/h2-24H. The van der Waals surface area contributed by atoms with Crippen molar-refractivity contribution in [3.05, 3.63) is 151 Å². The largest absolute Gasteiger partial charge is 0.456 e. The Bertz CT molecular complexity index is 2660. The molecule has 0 aliphatic rings. The summed E-state index contributed by atoms with van der Waals surface area (Å²) < 4.78 is 12.6. The summed E-state index contributed by atoms with van der Waals surface area (Å²) in [4.78, 5) is 13.7. The highest BCUT2D eigenvalue weighted by molar-refractivity contribution is 6.11. The van der Waals surface area contributed by atoms with Crippen LogP contribution in [-0.4, -0.2) is 9.97 Å². The van der Waals surface area contributed by atoms with Gasteiger partial charge in [-0.15, -0.1) is 0 Å². The summed E-state index contributed by atoms with van der Waals surface area (Å²) in [7, 11) is 0. The molecule has 5 nitrogen and oxygen atoms in total. The van der Waals surface area contributed by atoms with E-state index in [1.807, 2.05) is 72.8 Å².